The van der Waals surface area contributed by atoms with Gasteiger partial charge in [0.2, 0.25) is 0 Å². The van der Waals surface area contributed by atoms with Gasteiger partial charge >= 0.3 is 0 Å². The van der Waals surface area contributed by atoms with Crippen LogP contribution in [0.1, 0.15) is 23.5 Å². The summed E-state index contributed by atoms with van der Waals surface area (Å²) in [5.41, 5.74) is 2.60. The molecular weight excluding hydrogens is 232 g/mol. The number of nitrogens with zero attached hydrogens (tertiary/aromatic N) is 2. The zero-order valence-corrected chi connectivity index (χ0v) is 10.8. The van der Waals surface area contributed by atoms with Gasteiger partial charge in [-0.15, -0.1) is 11.6 Å². The summed E-state index contributed by atoms with van der Waals surface area (Å²) in [5.74, 6) is 1.10. The van der Waals surface area contributed by atoms with Gasteiger partial charge in [-0.25, -0.2) is 0 Å². The third kappa shape index (κ3) is 3.34. The number of aromatic nitrogens is 2. The summed E-state index contributed by atoms with van der Waals surface area (Å²) < 4.78 is 1.84. The maximum atomic E-state index is 6.05. The van der Waals surface area contributed by atoms with Crippen LogP contribution in [0.4, 0.5) is 0 Å². The fraction of sp³-hybridized carbons (Fsp3) is 0.357. The minimum atomic E-state index is 0.429. The minimum absolute atomic E-state index is 0.429. The first-order valence-corrected chi connectivity index (χ1v) is 6.41. The van der Waals surface area contributed by atoms with Crippen molar-refractivity contribution in [2.45, 2.75) is 18.8 Å². The Bertz CT molecular complexity index is 450. The molecule has 1 aromatic carbocycles. The third-order valence-electron chi connectivity index (χ3n) is 3.00. The molecule has 1 heterocycles. The highest BCUT2D eigenvalue weighted by atomic mass is 35.5. The quantitative estimate of drug-likeness (QED) is 0.742. The van der Waals surface area contributed by atoms with E-state index in [1.54, 1.807) is 0 Å². The second-order valence-corrected chi connectivity index (χ2v) is 4.63. The van der Waals surface area contributed by atoms with Crippen molar-refractivity contribution in [1.29, 1.82) is 0 Å². The highest BCUT2D eigenvalue weighted by molar-refractivity contribution is 6.18. The Morgan fingerprint density at radius 3 is 2.65 bits per heavy atom. The van der Waals surface area contributed by atoms with E-state index in [0.717, 1.165) is 12.8 Å². The predicted molar refractivity (Wildman–Crippen MR) is 71.4 cm³/mol. The molecule has 0 aliphatic carbocycles. The van der Waals surface area contributed by atoms with Gasteiger partial charge in [-0.2, -0.15) is 5.10 Å². The summed E-state index contributed by atoms with van der Waals surface area (Å²) in [6, 6.07) is 10.5. The van der Waals surface area contributed by atoms with Crippen molar-refractivity contribution in [3.8, 4) is 0 Å². The number of aryl methyl sites for hydroxylation is 2. The second-order valence-electron chi connectivity index (χ2n) is 4.32. The lowest BCUT2D eigenvalue weighted by molar-refractivity contribution is 0.684. The van der Waals surface area contributed by atoms with Crippen molar-refractivity contribution in [2.75, 3.05) is 5.88 Å². The van der Waals surface area contributed by atoms with Crippen molar-refractivity contribution >= 4 is 11.6 Å². The summed E-state index contributed by atoms with van der Waals surface area (Å²) in [5, 5.41) is 4.18. The first-order chi connectivity index (χ1) is 8.29. The standard InChI is InChI=1S/C14H17ClN2/c1-17-11-12(10-16-17)7-8-14(9-15)13-5-3-2-4-6-13/h2-6,10-11,14H,7-9H2,1H3. The molecule has 0 N–H and O–H groups in total. The first-order valence-electron chi connectivity index (χ1n) is 5.88. The molecule has 1 aromatic heterocycles. The fourth-order valence-corrected chi connectivity index (χ4v) is 2.33. The van der Waals surface area contributed by atoms with E-state index in [2.05, 4.69) is 35.6 Å². The topological polar surface area (TPSA) is 17.8 Å². The third-order valence-corrected chi connectivity index (χ3v) is 3.37. The first kappa shape index (κ1) is 12.2. The Labute approximate surface area is 107 Å². The number of benzene rings is 1. The molecule has 0 radical (unpaired) electrons. The van der Waals surface area contributed by atoms with Crippen molar-refractivity contribution in [2.24, 2.45) is 7.05 Å². The van der Waals surface area contributed by atoms with Crippen LogP contribution in [-0.2, 0) is 13.5 Å². The smallest absolute Gasteiger partial charge is 0.0521 e. The van der Waals surface area contributed by atoms with Gasteiger partial charge in [0, 0.05) is 19.1 Å². The van der Waals surface area contributed by atoms with Crippen molar-refractivity contribution < 1.29 is 0 Å². The molecule has 0 saturated heterocycles. The molecule has 0 spiro atoms. The van der Waals surface area contributed by atoms with E-state index in [1.165, 1.54) is 11.1 Å². The van der Waals surface area contributed by atoms with E-state index >= 15 is 0 Å². The molecule has 2 rings (SSSR count). The van der Waals surface area contributed by atoms with Crippen LogP contribution in [0.2, 0.25) is 0 Å². The monoisotopic (exact) mass is 248 g/mol. The zero-order valence-electron chi connectivity index (χ0n) is 10.0. The summed E-state index contributed by atoms with van der Waals surface area (Å²) in [4.78, 5) is 0. The number of hydrogen-bond donors (Lipinski definition) is 0. The normalized spacial score (nSPS) is 12.6. The summed E-state index contributed by atoms with van der Waals surface area (Å²) in [7, 11) is 1.94. The lowest BCUT2D eigenvalue weighted by atomic mass is 9.95. The zero-order chi connectivity index (χ0) is 12.1. The van der Waals surface area contributed by atoms with Crippen molar-refractivity contribution in [3.05, 3.63) is 53.9 Å². The summed E-state index contributed by atoms with van der Waals surface area (Å²) >= 11 is 6.05. The van der Waals surface area contributed by atoms with Crippen LogP contribution >= 0.6 is 11.6 Å². The van der Waals surface area contributed by atoms with Gasteiger partial charge in [0.15, 0.2) is 0 Å². The summed E-state index contributed by atoms with van der Waals surface area (Å²) in [6.07, 6.45) is 6.09. The second kappa shape index (κ2) is 5.87. The molecule has 0 bridgehead atoms. The highest BCUT2D eigenvalue weighted by Gasteiger charge is 2.10. The molecule has 1 atom stereocenters. The molecule has 0 fully saturated rings. The molecular formula is C14H17ClN2. The number of alkyl halides is 1. The van der Waals surface area contributed by atoms with E-state index in [1.807, 2.05) is 24.0 Å². The maximum Gasteiger partial charge on any atom is 0.0521 e. The lowest BCUT2D eigenvalue weighted by Gasteiger charge is -2.13. The Morgan fingerprint density at radius 2 is 2.06 bits per heavy atom. The Balaban J connectivity index is 1.97. The molecule has 0 aliphatic rings. The maximum absolute atomic E-state index is 6.05. The van der Waals surface area contributed by atoms with Gasteiger partial charge < -0.3 is 0 Å². The largest absolute Gasteiger partial charge is 0.276 e. The average molecular weight is 249 g/mol. The molecule has 90 valence electrons. The molecule has 1 unspecified atom stereocenters. The fourth-order valence-electron chi connectivity index (χ4n) is 2.00. The van der Waals surface area contributed by atoms with Crippen LogP contribution < -0.4 is 0 Å². The molecule has 2 aromatic rings. The molecule has 0 amide bonds. The van der Waals surface area contributed by atoms with Gasteiger partial charge in [0.25, 0.3) is 0 Å². The van der Waals surface area contributed by atoms with E-state index in [-0.39, 0.29) is 0 Å². The van der Waals surface area contributed by atoms with E-state index in [9.17, 15) is 0 Å². The highest BCUT2D eigenvalue weighted by Crippen LogP contribution is 2.22. The van der Waals surface area contributed by atoms with Gasteiger partial charge in [0.1, 0.15) is 0 Å². The van der Waals surface area contributed by atoms with Gasteiger partial charge in [-0.05, 0) is 29.9 Å². The number of halogens is 1. The molecule has 17 heavy (non-hydrogen) atoms. The number of rotatable bonds is 5. The van der Waals surface area contributed by atoms with Gasteiger partial charge in [-0.3, -0.25) is 4.68 Å². The van der Waals surface area contributed by atoms with Crippen LogP contribution in [0.3, 0.4) is 0 Å². The molecule has 0 saturated carbocycles. The van der Waals surface area contributed by atoms with Crippen molar-refractivity contribution in [3.63, 3.8) is 0 Å². The summed E-state index contributed by atoms with van der Waals surface area (Å²) in [6.45, 7) is 0. The van der Waals surface area contributed by atoms with Gasteiger partial charge in [-0.1, -0.05) is 30.3 Å². The predicted octanol–water partition coefficient (Wildman–Crippen LogP) is 3.38. The van der Waals surface area contributed by atoms with E-state index < -0.39 is 0 Å². The Kier molecular flexibility index (Phi) is 4.21. The van der Waals surface area contributed by atoms with Crippen molar-refractivity contribution in [1.82, 2.24) is 9.78 Å². The van der Waals surface area contributed by atoms with Crippen LogP contribution in [-0.4, -0.2) is 15.7 Å². The van der Waals surface area contributed by atoms with Crippen LogP contribution in [0.5, 0.6) is 0 Å². The van der Waals surface area contributed by atoms with Crippen LogP contribution in [0.15, 0.2) is 42.7 Å². The molecule has 3 heteroatoms. The lowest BCUT2D eigenvalue weighted by Crippen LogP contribution is -2.02. The van der Waals surface area contributed by atoms with E-state index in [0.29, 0.717) is 11.8 Å². The number of hydrogen-bond acceptors (Lipinski definition) is 1. The SMILES string of the molecule is Cn1cc(CCC(CCl)c2ccccc2)cn1. The van der Waals surface area contributed by atoms with Gasteiger partial charge in [0.05, 0.1) is 6.20 Å². The Hall–Kier alpha value is -1.28. The van der Waals surface area contributed by atoms with Crippen LogP contribution in [0.25, 0.3) is 0 Å². The minimum Gasteiger partial charge on any atom is -0.276 e. The molecule has 2 nitrogen and oxygen atoms in total. The van der Waals surface area contributed by atoms with Crippen LogP contribution in [0, 0.1) is 0 Å². The van der Waals surface area contributed by atoms with E-state index in [4.69, 9.17) is 11.6 Å². The Morgan fingerprint density at radius 1 is 1.29 bits per heavy atom. The average Bonchev–Trinajstić information content (AvgIpc) is 2.77. The molecule has 0 aliphatic heterocycles.